The molecule has 0 aliphatic carbocycles. The Bertz CT molecular complexity index is 1430. The molecule has 1 aromatic heterocycles. The summed E-state index contributed by atoms with van der Waals surface area (Å²) in [4.78, 5) is 30.5. The van der Waals surface area contributed by atoms with Gasteiger partial charge in [-0.15, -0.1) is 0 Å². The number of carbonyl (C=O) groups excluding carboxylic acids is 1. The molecule has 0 radical (unpaired) electrons. The van der Waals surface area contributed by atoms with E-state index in [2.05, 4.69) is 15.5 Å². The number of hydrogen-bond donors (Lipinski definition) is 1. The highest BCUT2D eigenvalue weighted by Crippen LogP contribution is 2.23. The lowest BCUT2D eigenvalue weighted by atomic mass is 10.1. The number of nitrogens with one attached hydrogen (secondary N) is 1. The molecule has 0 fully saturated rings. The second-order valence-corrected chi connectivity index (χ2v) is 8.45. The van der Waals surface area contributed by atoms with E-state index in [0.29, 0.717) is 45.4 Å². The molecule has 0 aliphatic heterocycles. The van der Waals surface area contributed by atoms with Gasteiger partial charge in [-0.1, -0.05) is 36.0 Å². The maximum absolute atomic E-state index is 13.3. The van der Waals surface area contributed by atoms with E-state index in [1.165, 1.54) is 16.7 Å². The average molecular weight is 491 g/mol. The third-order valence-corrected chi connectivity index (χ3v) is 6.03. The van der Waals surface area contributed by atoms with E-state index < -0.39 is 0 Å². The van der Waals surface area contributed by atoms with Crippen LogP contribution in [0.3, 0.4) is 0 Å². The highest BCUT2D eigenvalue weighted by molar-refractivity contribution is 7.99. The molecule has 3 aromatic carbocycles. The number of carbonyl (C=O) groups is 1. The van der Waals surface area contributed by atoms with E-state index >= 15 is 0 Å². The zero-order valence-electron chi connectivity index (χ0n) is 19.2. The lowest BCUT2D eigenvalue weighted by Crippen LogP contribution is -2.24. The largest absolute Gasteiger partial charge is 0.494 e. The predicted octanol–water partition coefficient (Wildman–Crippen LogP) is 4.56. The molecule has 9 heteroatoms. The van der Waals surface area contributed by atoms with Crippen LogP contribution in [0.1, 0.15) is 19.4 Å². The molecule has 0 spiro atoms. The van der Waals surface area contributed by atoms with Gasteiger partial charge in [0.2, 0.25) is 0 Å². The third-order valence-electron chi connectivity index (χ3n) is 5.09. The topological polar surface area (TPSA) is 85.6 Å². The summed E-state index contributed by atoms with van der Waals surface area (Å²) >= 11 is 1.13. The molecule has 7 nitrogen and oxygen atoms in total. The molecule has 1 N–H and O–H groups in total. The molecule has 0 saturated carbocycles. The van der Waals surface area contributed by atoms with Gasteiger partial charge in [0.15, 0.2) is 5.16 Å². The molecule has 1 heterocycles. The van der Waals surface area contributed by atoms with Gasteiger partial charge in [-0.05, 0) is 67.9 Å². The summed E-state index contributed by atoms with van der Waals surface area (Å²) in [5.74, 6) is -0.0243. The Kier molecular flexibility index (Phi) is 7.57. The number of thioether (sulfide) groups is 1. The Morgan fingerprint density at radius 2 is 1.80 bits per heavy atom. The third kappa shape index (κ3) is 5.75. The Morgan fingerprint density at radius 1 is 1.09 bits per heavy atom. The molecule has 4 rings (SSSR count). The predicted molar refractivity (Wildman–Crippen MR) is 136 cm³/mol. The Morgan fingerprint density at radius 3 is 2.51 bits per heavy atom. The molecule has 0 atom stereocenters. The fraction of sp³-hybridized carbons (Fsp3) is 0.154. The highest BCUT2D eigenvalue weighted by Gasteiger charge is 2.15. The van der Waals surface area contributed by atoms with Crippen molar-refractivity contribution in [2.75, 3.05) is 12.4 Å². The SMILES string of the molecule is CCOc1ccc(-n2c(SCC(=O)NN=C(C)c3ccc(F)cc3)nc3ccccc3c2=O)cc1. The van der Waals surface area contributed by atoms with Crippen LogP contribution in [0.2, 0.25) is 0 Å². The fourth-order valence-electron chi connectivity index (χ4n) is 3.36. The van der Waals surface area contributed by atoms with Crippen molar-refractivity contribution in [3.05, 3.63) is 94.5 Å². The molecular weight excluding hydrogens is 467 g/mol. The van der Waals surface area contributed by atoms with E-state index in [1.54, 1.807) is 61.5 Å². The summed E-state index contributed by atoms with van der Waals surface area (Å²) in [7, 11) is 0. The number of nitrogens with zero attached hydrogens (tertiary/aromatic N) is 3. The zero-order chi connectivity index (χ0) is 24.8. The molecule has 4 aromatic rings. The second kappa shape index (κ2) is 11.0. The van der Waals surface area contributed by atoms with Crippen molar-refractivity contribution in [3.63, 3.8) is 0 Å². The number of hydrazone groups is 1. The standard InChI is InChI=1S/C26H23FN4O3S/c1-3-34-21-14-12-20(13-15-21)31-25(33)22-6-4-5-7-23(22)28-26(31)35-16-24(32)30-29-17(2)18-8-10-19(27)11-9-18/h4-15H,3,16H2,1-2H3,(H,30,32). The van der Waals surface area contributed by atoms with Crippen molar-refractivity contribution in [3.8, 4) is 11.4 Å². The van der Waals surface area contributed by atoms with Gasteiger partial charge in [0.1, 0.15) is 11.6 Å². The van der Waals surface area contributed by atoms with Crippen molar-refractivity contribution >= 4 is 34.3 Å². The van der Waals surface area contributed by atoms with Crippen molar-refractivity contribution in [2.24, 2.45) is 5.10 Å². The zero-order valence-corrected chi connectivity index (χ0v) is 20.0. The van der Waals surface area contributed by atoms with Gasteiger partial charge in [-0.3, -0.25) is 14.2 Å². The number of aromatic nitrogens is 2. The lowest BCUT2D eigenvalue weighted by molar-refractivity contribution is -0.118. The minimum Gasteiger partial charge on any atom is -0.494 e. The first-order chi connectivity index (χ1) is 17.0. The van der Waals surface area contributed by atoms with Gasteiger partial charge in [-0.25, -0.2) is 14.8 Å². The number of rotatable bonds is 8. The monoisotopic (exact) mass is 490 g/mol. The van der Waals surface area contributed by atoms with Crippen LogP contribution in [0, 0.1) is 5.82 Å². The van der Waals surface area contributed by atoms with Crippen LogP contribution in [-0.4, -0.2) is 33.5 Å². The lowest BCUT2D eigenvalue weighted by Gasteiger charge is -2.13. The van der Waals surface area contributed by atoms with Crippen LogP contribution < -0.4 is 15.7 Å². The summed E-state index contributed by atoms with van der Waals surface area (Å²) in [6, 6.07) is 20.1. The maximum atomic E-state index is 13.3. The van der Waals surface area contributed by atoms with Crippen molar-refractivity contribution in [1.82, 2.24) is 15.0 Å². The van der Waals surface area contributed by atoms with Gasteiger partial charge in [0.05, 0.1) is 34.7 Å². The Hall–Kier alpha value is -3.98. The summed E-state index contributed by atoms with van der Waals surface area (Å²) in [6.45, 7) is 4.15. The number of hydrogen-bond acceptors (Lipinski definition) is 6. The Balaban J connectivity index is 1.57. The average Bonchev–Trinajstić information content (AvgIpc) is 2.87. The summed E-state index contributed by atoms with van der Waals surface area (Å²) in [6.07, 6.45) is 0. The molecule has 0 aliphatic rings. The minimum absolute atomic E-state index is 0.0119. The van der Waals surface area contributed by atoms with Crippen LogP contribution >= 0.6 is 11.8 Å². The van der Waals surface area contributed by atoms with E-state index in [9.17, 15) is 14.0 Å². The minimum atomic E-state index is -0.364. The van der Waals surface area contributed by atoms with Crippen molar-refractivity contribution < 1.29 is 13.9 Å². The molecule has 0 saturated heterocycles. The molecule has 0 unspecified atom stereocenters. The molecule has 0 bridgehead atoms. The number of benzene rings is 3. The number of para-hydroxylation sites is 1. The van der Waals surface area contributed by atoms with Crippen LogP contribution in [0.4, 0.5) is 4.39 Å². The Labute approximate surface area is 205 Å². The molecular formula is C26H23FN4O3S. The number of fused-ring (bicyclic) bond motifs is 1. The summed E-state index contributed by atoms with van der Waals surface area (Å²) < 4.78 is 20.1. The number of amides is 1. The van der Waals surface area contributed by atoms with E-state index in [1.807, 2.05) is 13.0 Å². The van der Waals surface area contributed by atoms with E-state index in [4.69, 9.17) is 4.74 Å². The first-order valence-corrected chi connectivity index (χ1v) is 11.9. The van der Waals surface area contributed by atoms with Gasteiger partial charge < -0.3 is 4.74 Å². The van der Waals surface area contributed by atoms with Crippen LogP contribution in [-0.2, 0) is 4.79 Å². The van der Waals surface area contributed by atoms with Gasteiger partial charge in [0.25, 0.3) is 11.5 Å². The van der Waals surface area contributed by atoms with E-state index in [0.717, 1.165) is 11.8 Å². The summed E-state index contributed by atoms with van der Waals surface area (Å²) in [5, 5.41) is 4.95. The second-order valence-electron chi connectivity index (χ2n) is 7.51. The van der Waals surface area contributed by atoms with Crippen LogP contribution in [0.5, 0.6) is 5.75 Å². The van der Waals surface area contributed by atoms with Gasteiger partial charge in [-0.2, -0.15) is 5.10 Å². The van der Waals surface area contributed by atoms with Crippen molar-refractivity contribution in [1.29, 1.82) is 0 Å². The van der Waals surface area contributed by atoms with Crippen LogP contribution in [0.15, 0.2) is 87.8 Å². The number of halogens is 1. The molecule has 178 valence electrons. The molecule has 35 heavy (non-hydrogen) atoms. The highest BCUT2D eigenvalue weighted by atomic mass is 32.2. The first kappa shape index (κ1) is 24.2. The van der Waals surface area contributed by atoms with Crippen molar-refractivity contribution in [2.45, 2.75) is 19.0 Å². The normalized spacial score (nSPS) is 11.5. The maximum Gasteiger partial charge on any atom is 0.266 e. The molecule has 1 amide bonds. The van der Waals surface area contributed by atoms with Crippen LogP contribution in [0.25, 0.3) is 16.6 Å². The van der Waals surface area contributed by atoms with Gasteiger partial charge >= 0.3 is 0 Å². The quantitative estimate of drug-likeness (QED) is 0.169. The smallest absolute Gasteiger partial charge is 0.266 e. The number of ether oxygens (including phenoxy) is 1. The fourth-order valence-corrected chi connectivity index (χ4v) is 4.16. The van der Waals surface area contributed by atoms with Gasteiger partial charge in [0, 0.05) is 0 Å². The first-order valence-electron chi connectivity index (χ1n) is 10.9. The summed E-state index contributed by atoms with van der Waals surface area (Å²) in [5.41, 5.74) is 4.67. The van der Waals surface area contributed by atoms with E-state index in [-0.39, 0.29) is 23.0 Å².